The molecule has 0 bridgehead atoms. The van der Waals surface area contributed by atoms with Gasteiger partial charge in [-0.3, -0.25) is 9.59 Å². The highest BCUT2D eigenvalue weighted by molar-refractivity contribution is 5.87. The van der Waals surface area contributed by atoms with E-state index in [1.807, 2.05) is 13.8 Å². The summed E-state index contributed by atoms with van der Waals surface area (Å²) in [6.45, 7) is 6.57. The Labute approximate surface area is 189 Å². The molecule has 0 radical (unpaired) electrons. The Balaban J connectivity index is 5.01. The summed E-state index contributed by atoms with van der Waals surface area (Å²) in [6.07, 6.45) is 13.8. The Morgan fingerprint density at radius 1 is 0.645 bits per heavy atom. The molecule has 0 fully saturated rings. The van der Waals surface area contributed by atoms with Crippen molar-refractivity contribution in [2.24, 2.45) is 0 Å². The van der Waals surface area contributed by atoms with Crippen molar-refractivity contribution in [3.8, 4) is 0 Å². The van der Waals surface area contributed by atoms with E-state index in [9.17, 15) is 24.6 Å². The van der Waals surface area contributed by atoms with Gasteiger partial charge in [-0.2, -0.15) is 0 Å². The van der Waals surface area contributed by atoms with E-state index in [-0.39, 0.29) is 18.7 Å². The monoisotopic (exact) mass is 441 g/mol. The third-order valence-corrected chi connectivity index (χ3v) is 6.14. The van der Waals surface area contributed by atoms with Crippen molar-refractivity contribution in [1.29, 1.82) is 0 Å². The molecule has 0 spiro atoms. The van der Waals surface area contributed by atoms with Crippen LogP contribution in [0.4, 0.5) is 0 Å². The lowest BCUT2D eigenvalue weighted by Gasteiger charge is -2.41. The molecule has 6 nitrogen and oxygen atoms in total. The van der Waals surface area contributed by atoms with Gasteiger partial charge in [0.15, 0.2) is 0 Å². The zero-order valence-electron chi connectivity index (χ0n) is 20.3. The molecule has 0 aromatic carbocycles. The number of hydrogen-bond donors (Lipinski definition) is 2. The third kappa shape index (κ3) is 12.1. The van der Waals surface area contributed by atoms with Crippen molar-refractivity contribution >= 4 is 17.8 Å². The van der Waals surface area contributed by atoms with Crippen LogP contribution < -0.4 is 0 Å². The van der Waals surface area contributed by atoms with Gasteiger partial charge in [-0.25, -0.2) is 4.79 Å². The molecule has 0 aliphatic carbocycles. The highest BCUT2D eigenvalue weighted by Gasteiger charge is 2.45. The van der Waals surface area contributed by atoms with Crippen molar-refractivity contribution in [2.75, 3.05) is 6.54 Å². The number of amides is 1. The molecule has 1 amide bonds. The maximum Gasteiger partial charge on any atom is 0.329 e. The second-order valence-corrected chi connectivity index (χ2v) is 8.81. The van der Waals surface area contributed by atoms with E-state index >= 15 is 0 Å². The van der Waals surface area contributed by atoms with Crippen LogP contribution in [0, 0.1) is 0 Å². The van der Waals surface area contributed by atoms with Gasteiger partial charge in [-0.05, 0) is 25.7 Å². The number of rotatable bonds is 21. The number of carbonyl (C=O) groups excluding carboxylic acids is 1. The van der Waals surface area contributed by atoms with Gasteiger partial charge in [0, 0.05) is 19.4 Å². The zero-order chi connectivity index (χ0) is 23.5. The average molecular weight is 442 g/mol. The fourth-order valence-corrected chi connectivity index (χ4v) is 4.12. The molecule has 1 atom stereocenters. The van der Waals surface area contributed by atoms with Crippen molar-refractivity contribution in [3.63, 3.8) is 0 Å². The summed E-state index contributed by atoms with van der Waals surface area (Å²) in [7, 11) is 0. The first-order chi connectivity index (χ1) is 14.9. The lowest BCUT2D eigenvalue weighted by Crippen LogP contribution is -2.57. The van der Waals surface area contributed by atoms with Crippen molar-refractivity contribution in [2.45, 2.75) is 135 Å². The van der Waals surface area contributed by atoms with Gasteiger partial charge in [0.05, 0.1) is 0 Å². The lowest BCUT2D eigenvalue weighted by molar-refractivity contribution is -0.162. The molecule has 0 rings (SSSR count). The fraction of sp³-hybridized carbons (Fsp3) is 0.880. The van der Waals surface area contributed by atoms with Crippen LogP contribution in [0.1, 0.15) is 130 Å². The topological polar surface area (TPSA) is 94.9 Å². The van der Waals surface area contributed by atoms with Crippen LogP contribution in [0.15, 0.2) is 0 Å². The molecule has 0 aromatic rings. The Hall–Kier alpha value is -1.59. The quantitative estimate of drug-likeness (QED) is 0.201. The first kappa shape index (κ1) is 29.4. The molecule has 6 heteroatoms. The second-order valence-electron chi connectivity index (χ2n) is 8.81. The summed E-state index contributed by atoms with van der Waals surface area (Å²) in [6, 6.07) is 0. The molecule has 0 aliphatic rings. The molecule has 0 aliphatic heterocycles. The number of carboxylic acid groups (broad SMARTS) is 2. The largest absolute Gasteiger partial charge is 0.481 e. The fourth-order valence-electron chi connectivity index (χ4n) is 4.12. The number of carbonyl (C=O) groups is 3. The van der Waals surface area contributed by atoms with Crippen LogP contribution in [-0.2, 0) is 14.4 Å². The lowest BCUT2D eigenvalue weighted by atomic mass is 9.84. The van der Waals surface area contributed by atoms with Crippen LogP contribution in [-0.4, -0.2) is 45.0 Å². The number of nitrogens with zero attached hydrogens (tertiary/aromatic N) is 1. The van der Waals surface area contributed by atoms with Crippen LogP contribution in [0.2, 0.25) is 0 Å². The van der Waals surface area contributed by atoms with Crippen LogP contribution in [0.5, 0.6) is 0 Å². The smallest absolute Gasteiger partial charge is 0.329 e. The molecule has 0 aromatic heterocycles. The van der Waals surface area contributed by atoms with Gasteiger partial charge in [-0.15, -0.1) is 0 Å². The second kappa shape index (κ2) is 18.0. The maximum absolute atomic E-state index is 13.1. The molecule has 0 saturated heterocycles. The maximum atomic E-state index is 13.1. The minimum atomic E-state index is -1.42. The van der Waals surface area contributed by atoms with Crippen LogP contribution >= 0.6 is 0 Å². The standard InChI is InChI=1S/C25H47NO5/c1-4-7-10-11-12-13-14-15-16-17-22(27)26(21-9-6-3)25(24(30)31,19-8-5-2)20-18-23(28)29/h4-21H2,1-3H3,(H,28,29)(H,30,31)/t25-/m0/s1. The van der Waals surface area contributed by atoms with E-state index in [1.54, 1.807) is 0 Å². The summed E-state index contributed by atoms with van der Waals surface area (Å²) in [5, 5.41) is 19.3. The summed E-state index contributed by atoms with van der Waals surface area (Å²) >= 11 is 0. The van der Waals surface area contributed by atoms with Gasteiger partial charge in [-0.1, -0.05) is 91.4 Å². The van der Waals surface area contributed by atoms with Gasteiger partial charge in [0.1, 0.15) is 5.54 Å². The summed E-state index contributed by atoms with van der Waals surface area (Å²) in [5.74, 6) is -2.23. The van der Waals surface area contributed by atoms with Gasteiger partial charge < -0.3 is 15.1 Å². The first-order valence-electron chi connectivity index (χ1n) is 12.6. The molecule has 2 N–H and O–H groups in total. The van der Waals surface area contributed by atoms with Crippen LogP contribution in [0.3, 0.4) is 0 Å². The molecular formula is C25H47NO5. The average Bonchev–Trinajstić information content (AvgIpc) is 2.73. The first-order valence-corrected chi connectivity index (χ1v) is 12.6. The summed E-state index contributed by atoms with van der Waals surface area (Å²) in [5.41, 5.74) is -1.42. The zero-order valence-corrected chi connectivity index (χ0v) is 20.3. The Morgan fingerprint density at radius 3 is 1.65 bits per heavy atom. The number of carboxylic acids is 2. The number of aliphatic carboxylic acids is 2. The van der Waals surface area contributed by atoms with Crippen molar-refractivity contribution in [3.05, 3.63) is 0 Å². The predicted molar refractivity (Wildman–Crippen MR) is 125 cm³/mol. The minimum absolute atomic E-state index is 0.0368. The Morgan fingerprint density at radius 2 is 1.16 bits per heavy atom. The third-order valence-electron chi connectivity index (χ3n) is 6.14. The van der Waals surface area contributed by atoms with E-state index in [0.29, 0.717) is 25.8 Å². The van der Waals surface area contributed by atoms with E-state index in [1.165, 1.54) is 43.4 Å². The number of unbranched alkanes of at least 4 members (excludes halogenated alkanes) is 10. The molecule has 0 heterocycles. The number of hydrogen-bond acceptors (Lipinski definition) is 3. The van der Waals surface area contributed by atoms with E-state index in [4.69, 9.17) is 0 Å². The van der Waals surface area contributed by atoms with Gasteiger partial charge >= 0.3 is 11.9 Å². The van der Waals surface area contributed by atoms with Gasteiger partial charge in [0.25, 0.3) is 0 Å². The van der Waals surface area contributed by atoms with E-state index in [2.05, 4.69) is 6.92 Å². The molecular weight excluding hydrogens is 394 g/mol. The van der Waals surface area contributed by atoms with Crippen molar-refractivity contribution in [1.82, 2.24) is 4.90 Å². The Kier molecular flexibility index (Phi) is 17.1. The normalized spacial score (nSPS) is 13.0. The molecule has 0 saturated carbocycles. The van der Waals surface area contributed by atoms with Gasteiger partial charge in [0.2, 0.25) is 5.91 Å². The molecule has 0 unspecified atom stereocenters. The van der Waals surface area contributed by atoms with Crippen LogP contribution in [0.25, 0.3) is 0 Å². The molecule has 31 heavy (non-hydrogen) atoms. The highest BCUT2D eigenvalue weighted by Crippen LogP contribution is 2.30. The summed E-state index contributed by atoms with van der Waals surface area (Å²) < 4.78 is 0. The van der Waals surface area contributed by atoms with E-state index < -0.39 is 17.5 Å². The minimum Gasteiger partial charge on any atom is -0.481 e. The highest BCUT2D eigenvalue weighted by atomic mass is 16.4. The Bertz CT molecular complexity index is 508. The SMILES string of the molecule is CCCCCCCCCCCC(=O)N(CCCC)[C@@](CCCC)(CCC(=O)O)C(=O)O. The van der Waals surface area contributed by atoms with E-state index in [0.717, 1.165) is 38.5 Å². The summed E-state index contributed by atoms with van der Waals surface area (Å²) in [4.78, 5) is 38.2. The van der Waals surface area contributed by atoms with Crippen molar-refractivity contribution < 1.29 is 24.6 Å². The predicted octanol–water partition coefficient (Wildman–Crippen LogP) is 6.41. The molecule has 182 valence electrons.